The Morgan fingerprint density at radius 1 is 1.02 bits per heavy atom. The summed E-state index contributed by atoms with van der Waals surface area (Å²) in [6.07, 6.45) is -8.73. The molecule has 6 nitrogen and oxygen atoms in total. The van der Waals surface area contributed by atoms with E-state index in [1.807, 2.05) is 12.1 Å². The smallest absolute Gasteiger partial charge is 0.416 e. The number of carboxylic acids is 1. The molecule has 12 heteroatoms. The van der Waals surface area contributed by atoms with E-state index in [4.69, 9.17) is 9.47 Å². The van der Waals surface area contributed by atoms with Crippen molar-refractivity contribution in [2.75, 3.05) is 13.7 Å². The second-order valence-corrected chi connectivity index (χ2v) is 13.0. The van der Waals surface area contributed by atoms with Gasteiger partial charge in [-0.05, 0) is 109 Å². The van der Waals surface area contributed by atoms with Crippen molar-refractivity contribution in [2.24, 2.45) is 11.3 Å². The van der Waals surface area contributed by atoms with Gasteiger partial charge in [0.05, 0.1) is 30.2 Å². The van der Waals surface area contributed by atoms with Gasteiger partial charge in [0.15, 0.2) is 0 Å². The van der Waals surface area contributed by atoms with E-state index in [2.05, 4.69) is 13.8 Å². The third-order valence-corrected chi connectivity index (χ3v) is 9.29. The van der Waals surface area contributed by atoms with Gasteiger partial charge in [-0.25, -0.2) is 4.79 Å². The van der Waals surface area contributed by atoms with Crippen LogP contribution in [0.15, 0.2) is 35.9 Å². The van der Waals surface area contributed by atoms with E-state index in [9.17, 15) is 41.0 Å². The van der Waals surface area contributed by atoms with Crippen LogP contribution < -0.4 is 4.74 Å². The molecular weight excluding hydrogens is 604 g/mol. The number of hydrogen-bond acceptors (Lipinski definition) is 4. The van der Waals surface area contributed by atoms with Crippen LogP contribution in [0.4, 0.5) is 31.1 Å². The van der Waals surface area contributed by atoms with Crippen LogP contribution in [0.2, 0.25) is 0 Å². The summed E-state index contributed by atoms with van der Waals surface area (Å²) in [7, 11) is 1.55. The number of allylic oxidation sites excluding steroid dienone is 1. The lowest BCUT2D eigenvalue weighted by Gasteiger charge is -2.36. The molecule has 1 aliphatic heterocycles. The number of fused-ring (bicyclic) bond motifs is 1. The largest absolute Gasteiger partial charge is 0.496 e. The maximum absolute atomic E-state index is 13.6. The van der Waals surface area contributed by atoms with Gasteiger partial charge in [0, 0.05) is 12.1 Å². The lowest BCUT2D eigenvalue weighted by Crippen LogP contribution is -2.35. The molecule has 1 N–H and O–H groups in total. The van der Waals surface area contributed by atoms with E-state index in [0.29, 0.717) is 50.0 Å². The van der Waals surface area contributed by atoms with Crippen LogP contribution in [-0.4, -0.2) is 41.8 Å². The molecule has 0 spiro atoms. The Morgan fingerprint density at radius 3 is 2.24 bits per heavy atom. The lowest BCUT2D eigenvalue weighted by molar-refractivity contribution is -0.144. The molecule has 1 saturated heterocycles. The summed E-state index contributed by atoms with van der Waals surface area (Å²) in [6.45, 7) is 5.77. The van der Waals surface area contributed by atoms with Crippen molar-refractivity contribution in [3.8, 4) is 5.75 Å². The number of rotatable bonds is 6. The monoisotopic (exact) mass is 639 g/mol. The molecule has 0 aromatic heterocycles. The molecule has 1 amide bonds. The molecule has 45 heavy (non-hydrogen) atoms. The van der Waals surface area contributed by atoms with E-state index in [1.54, 1.807) is 14.0 Å². The van der Waals surface area contributed by atoms with E-state index < -0.39 is 53.6 Å². The van der Waals surface area contributed by atoms with Crippen LogP contribution in [0, 0.1) is 11.3 Å². The summed E-state index contributed by atoms with van der Waals surface area (Å²) in [4.78, 5) is 26.3. The number of methoxy groups -OCH3 is 1. The molecule has 1 heterocycles. The topological polar surface area (TPSA) is 76.1 Å². The number of cyclic esters (lactones) is 1. The quantitative estimate of drug-likeness (QED) is 0.321. The first-order valence-electron chi connectivity index (χ1n) is 14.8. The van der Waals surface area contributed by atoms with E-state index in [-0.39, 0.29) is 23.6 Å². The van der Waals surface area contributed by atoms with Crippen molar-refractivity contribution >= 4 is 17.6 Å². The number of amides is 1. The first-order chi connectivity index (χ1) is 20.9. The molecule has 2 aliphatic carbocycles. The number of aliphatic carboxylic acids is 1. The zero-order chi connectivity index (χ0) is 33.1. The number of carboxylic acid groups (broad SMARTS) is 1. The fourth-order valence-electron chi connectivity index (χ4n) is 6.80. The van der Waals surface area contributed by atoms with Crippen LogP contribution in [0.25, 0.3) is 5.57 Å². The van der Waals surface area contributed by atoms with Crippen molar-refractivity contribution in [1.82, 2.24) is 4.90 Å². The Hall–Kier alpha value is -3.70. The molecule has 3 aliphatic rings. The van der Waals surface area contributed by atoms with Crippen LogP contribution in [-0.2, 0) is 34.7 Å². The molecule has 1 fully saturated rings. The van der Waals surface area contributed by atoms with E-state index in [0.717, 1.165) is 34.3 Å². The van der Waals surface area contributed by atoms with Crippen molar-refractivity contribution in [3.63, 3.8) is 0 Å². The van der Waals surface area contributed by atoms with Crippen molar-refractivity contribution < 1.29 is 50.5 Å². The van der Waals surface area contributed by atoms with Gasteiger partial charge >= 0.3 is 24.4 Å². The molecule has 3 atom stereocenters. The average Bonchev–Trinajstić information content (AvgIpc) is 3.23. The van der Waals surface area contributed by atoms with E-state index >= 15 is 0 Å². The Morgan fingerprint density at radius 2 is 1.67 bits per heavy atom. The van der Waals surface area contributed by atoms with Gasteiger partial charge in [-0.1, -0.05) is 13.8 Å². The summed E-state index contributed by atoms with van der Waals surface area (Å²) in [5.74, 6) is -0.729. The Labute approximate surface area is 257 Å². The number of aryl methyl sites for hydroxylation is 1. The first kappa shape index (κ1) is 32.7. The minimum Gasteiger partial charge on any atom is -0.496 e. The summed E-state index contributed by atoms with van der Waals surface area (Å²) in [6, 6.07) is 4.28. The Balaban J connectivity index is 1.52. The van der Waals surface area contributed by atoms with Crippen LogP contribution in [0.5, 0.6) is 5.75 Å². The number of halogens is 6. The molecule has 2 aromatic rings. The minimum absolute atomic E-state index is 0.0501. The van der Waals surface area contributed by atoms with Crippen molar-refractivity contribution in [1.29, 1.82) is 0 Å². The fourth-order valence-corrected chi connectivity index (χ4v) is 6.80. The number of hydrogen-bond donors (Lipinski definition) is 1. The Bertz CT molecular complexity index is 1510. The lowest BCUT2D eigenvalue weighted by atomic mass is 9.72. The second kappa shape index (κ2) is 11.6. The zero-order valence-electron chi connectivity index (χ0n) is 25.4. The molecule has 0 saturated carbocycles. The SMILES string of the molecule is COc1cc2c(cc1C1=C(CN3C(=O)OC(c4cc(C(F)(F)F)cc(C(F)(F)F)c4)C3C)CC(C)(C)CC1)CC(C(=O)O)CC2. The zero-order valence-corrected chi connectivity index (χ0v) is 25.4. The van der Waals surface area contributed by atoms with Gasteiger partial charge in [-0.3, -0.25) is 9.69 Å². The maximum atomic E-state index is 13.6. The normalized spacial score (nSPS) is 23.6. The summed E-state index contributed by atoms with van der Waals surface area (Å²) in [5, 5.41) is 9.61. The fraction of sp³-hybridized carbons (Fsp3) is 0.515. The molecule has 3 unspecified atom stereocenters. The predicted octanol–water partition coefficient (Wildman–Crippen LogP) is 8.47. The second-order valence-electron chi connectivity index (χ2n) is 13.0. The van der Waals surface area contributed by atoms with Gasteiger partial charge in [-0.2, -0.15) is 26.3 Å². The van der Waals surface area contributed by atoms with Gasteiger partial charge in [-0.15, -0.1) is 0 Å². The van der Waals surface area contributed by atoms with Crippen LogP contribution in [0.3, 0.4) is 0 Å². The minimum atomic E-state index is -5.03. The highest BCUT2D eigenvalue weighted by Gasteiger charge is 2.44. The molecule has 0 radical (unpaired) electrons. The summed E-state index contributed by atoms with van der Waals surface area (Å²) in [5.41, 5.74) is 1.04. The number of benzene rings is 2. The summed E-state index contributed by atoms with van der Waals surface area (Å²) < 4.78 is 92.5. The standard InChI is InChI=1S/C33H35F6NO5/c1-17-28(21-10-23(32(34,35)36)14-24(11-21)33(37,38)39)45-30(43)40(17)16-22-15-31(2,3)8-7-25(22)26-12-20-9-19(29(41)42)6-5-18(20)13-27(26)44-4/h10-14,17,19,28H,5-9,15-16H2,1-4H3,(H,41,42). The highest BCUT2D eigenvalue weighted by molar-refractivity contribution is 5.78. The van der Waals surface area contributed by atoms with E-state index in [1.165, 1.54) is 4.90 Å². The van der Waals surface area contributed by atoms with Crippen LogP contribution >= 0.6 is 0 Å². The third kappa shape index (κ3) is 6.65. The van der Waals surface area contributed by atoms with Gasteiger partial charge in [0.1, 0.15) is 11.9 Å². The van der Waals surface area contributed by atoms with Gasteiger partial charge in [0.2, 0.25) is 0 Å². The number of ether oxygens (including phenoxy) is 2. The molecule has 244 valence electrons. The third-order valence-electron chi connectivity index (χ3n) is 9.29. The molecule has 2 aromatic carbocycles. The average molecular weight is 640 g/mol. The van der Waals surface area contributed by atoms with Gasteiger partial charge in [0.25, 0.3) is 0 Å². The maximum Gasteiger partial charge on any atom is 0.416 e. The number of carbonyl (C=O) groups excluding carboxylic acids is 1. The highest BCUT2D eigenvalue weighted by atomic mass is 19.4. The Kier molecular flexibility index (Phi) is 8.41. The van der Waals surface area contributed by atoms with Crippen molar-refractivity contribution in [3.05, 3.63) is 69.3 Å². The number of nitrogens with zero attached hydrogens (tertiary/aromatic N) is 1. The number of carbonyl (C=O) groups is 2. The summed E-state index contributed by atoms with van der Waals surface area (Å²) >= 11 is 0. The number of alkyl halides is 6. The molecule has 0 bridgehead atoms. The van der Waals surface area contributed by atoms with Crippen molar-refractivity contribution in [2.45, 2.75) is 83.8 Å². The first-order valence-corrected chi connectivity index (χ1v) is 14.8. The van der Waals surface area contributed by atoms with Crippen LogP contribution in [0.1, 0.15) is 85.9 Å². The predicted molar refractivity (Wildman–Crippen MR) is 153 cm³/mol. The molecular formula is C33H35F6NO5. The highest BCUT2D eigenvalue weighted by Crippen LogP contribution is 2.47. The van der Waals surface area contributed by atoms with Gasteiger partial charge < -0.3 is 14.6 Å². The molecule has 5 rings (SSSR count).